The number of ether oxygens (including phenoxy) is 1. The Hall–Kier alpha value is -1.19. The molecule has 0 saturated carbocycles. The van der Waals surface area contributed by atoms with Gasteiger partial charge < -0.3 is 4.74 Å². The third kappa shape index (κ3) is 2.49. The zero-order valence-electron chi connectivity index (χ0n) is 5.35. The van der Waals surface area contributed by atoms with Gasteiger partial charge in [-0.05, 0) is 12.1 Å². The van der Waals surface area contributed by atoms with Crippen molar-refractivity contribution in [2.24, 2.45) is 0 Å². The van der Waals surface area contributed by atoms with Crippen molar-refractivity contribution in [3.63, 3.8) is 0 Å². The average Bonchev–Trinajstić information content (AvgIpc) is 1.85. The second kappa shape index (κ2) is 3.27. The van der Waals surface area contributed by atoms with E-state index in [0.29, 0.717) is 0 Å². The number of hydrogen-bond acceptors (Lipinski definition) is 1. The highest BCUT2D eigenvalue weighted by molar-refractivity contribution is 5.20. The van der Waals surface area contributed by atoms with E-state index in [-0.39, 0.29) is 5.75 Å². The molecule has 1 nitrogen and oxygen atoms in total. The standard InChI is InChI=1S/C7H4F3O/c8-5-2-1-3-6(4-5)11-7(9)10/h1-3,7H. The van der Waals surface area contributed by atoms with Crippen LogP contribution in [0.5, 0.6) is 5.75 Å². The molecule has 0 N–H and O–H groups in total. The summed E-state index contributed by atoms with van der Waals surface area (Å²) in [5, 5.41) is 0. The van der Waals surface area contributed by atoms with Gasteiger partial charge in [-0.2, -0.15) is 8.78 Å². The zero-order chi connectivity index (χ0) is 8.27. The summed E-state index contributed by atoms with van der Waals surface area (Å²) < 4.78 is 39.1. The lowest BCUT2D eigenvalue weighted by atomic mass is 10.3. The maximum Gasteiger partial charge on any atom is 0.387 e. The van der Waals surface area contributed by atoms with Crippen molar-refractivity contribution in [1.29, 1.82) is 0 Å². The molecule has 0 aliphatic heterocycles. The lowest BCUT2D eigenvalue weighted by Crippen LogP contribution is -2.01. The number of halogens is 3. The maximum absolute atomic E-state index is 12.2. The third-order valence-corrected chi connectivity index (χ3v) is 0.949. The molecule has 0 bridgehead atoms. The normalized spacial score (nSPS) is 10.2. The van der Waals surface area contributed by atoms with E-state index in [1.165, 1.54) is 12.1 Å². The molecule has 0 aliphatic rings. The van der Waals surface area contributed by atoms with Crippen LogP contribution in [0.4, 0.5) is 13.2 Å². The molecule has 0 saturated heterocycles. The number of rotatable bonds is 2. The first-order chi connectivity index (χ1) is 5.18. The molecule has 0 aromatic heterocycles. The van der Waals surface area contributed by atoms with Crippen molar-refractivity contribution in [2.75, 3.05) is 0 Å². The van der Waals surface area contributed by atoms with Gasteiger partial charge in [-0.1, -0.05) is 6.07 Å². The van der Waals surface area contributed by atoms with E-state index in [4.69, 9.17) is 0 Å². The Labute approximate surface area is 61.4 Å². The highest BCUT2D eigenvalue weighted by atomic mass is 19.3. The van der Waals surface area contributed by atoms with Gasteiger partial charge in [0, 0.05) is 0 Å². The minimum atomic E-state index is -2.94. The van der Waals surface area contributed by atoms with Gasteiger partial charge in [-0.3, -0.25) is 0 Å². The molecule has 11 heavy (non-hydrogen) atoms. The Bertz CT molecular complexity index is 237. The van der Waals surface area contributed by atoms with E-state index in [1.54, 1.807) is 0 Å². The van der Waals surface area contributed by atoms with E-state index in [9.17, 15) is 13.2 Å². The molecular weight excluding hydrogens is 157 g/mol. The predicted octanol–water partition coefficient (Wildman–Crippen LogP) is 2.23. The lowest BCUT2D eigenvalue weighted by Gasteiger charge is -2.01. The molecule has 1 aromatic rings. The van der Waals surface area contributed by atoms with Crippen molar-refractivity contribution >= 4 is 0 Å². The van der Waals surface area contributed by atoms with Crippen LogP contribution in [0.1, 0.15) is 0 Å². The largest absolute Gasteiger partial charge is 0.434 e. The van der Waals surface area contributed by atoms with Crippen molar-refractivity contribution in [1.82, 2.24) is 0 Å². The van der Waals surface area contributed by atoms with Crippen molar-refractivity contribution < 1.29 is 17.9 Å². The summed E-state index contributed by atoms with van der Waals surface area (Å²) in [7, 11) is 0. The monoisotopic (exact) mass is 161 g/mol. The van der Waals surface area contributed by atoms with E-state index in [0.717, 1.165) is 6.07 Å². The summed E-state index contributed by atoms with van der Waals surface area (Å²) in [6, 6.07) is 5.54. The molecule has 4 heteroatoms. The number of alkyl halides is 2. The van der Waals surface area contributed by atoms with Gasteiger partial charge in [0.25, 0.3) is 0 Å². The average molecular weight is 161 g/mol. The topological polar surface area (TPSA) is 9.23 Å². The number of hydrogen-bond donors (Lipinski definition) is 0. The molecule has 0 heterocycles. The smallest absolute Gasteiger partial charge is 0.387 e. The molecular formula is C7H4F3O. The highest BCUT2D eigenvalue weighted by Gasteiger charge is 2.04. The quantitative estimate of drug-likeness (QED) is 0.646. The van der Waals surface area contributed by atoms with Crippen LogP contribution in [0, 0.1) is 11.9 Å². The SMILES string of the molecule is Fc1[c]c(OC(F)F)ccc1. The summed E-state index contributed by atoms with van der Waals surface area (Å²) in [4.78, 5) is 0. The summed E-state index contributed by atoms with van der Waals surface area (Å²) >= 11 is 0. The second-order valence-corrected chi connectivity index (χ2v) is 1.74. The van der Waals surface area contributed by atoms with Crippen LogP contribution in [0.15, 0.2) is 18.2 Å². The summed E-state index contributed by atoms with van der Waals surface area (Å²) in [5.74, 6) is -1.01. The first-order valence-corrected chi connectivity index (χ1v) is 2.81. The molecule has 1 radical (unpaired) electrons. The highest BCUT2D eigenvalue weighted by Crippen LogP contribution is 2.13. The molecule has 0 unspecified atom stereocenters. The minimum Gasteiger partial charge on any atom is -0.434 e. The van der Waals surface area contributed by atoms with Crippen molar-refractivity contribution in [3.05, 3.63) is 30.1 Å². The van der Waals surface area contributed by atoms with Gasteiger partial charge in [-0.15, -0.1) is 0 Å². The summed E-state index contributed by atoms with van der Waals surface area (Å²) in [5.41, 5.74) is 0. The van der Waals surface area contributed by atoms with Gasteiger partial charge in [0.15, 0.2) is 0 Å². The molecule has 0 spiro atoms. The molecule has 1 rings (SSSR count). The van der Waals surface area contributed by atoms with Crippen LogP contribution in [0.3, 0.4) is 0 Å². The number of benzene rings is 1. The van der Waals surface area contributed by atoms with E-state index < -0.39 is 12.4 Å². The Morgan fingerprint density at radius 2 is 2.09 bits per heavy atom. The first-order valence-electron chi connectivity index (χ1n) is 2.81. The first kappa shape index (κ1) is 7.91. The van der Waals surface area contributed by atoms with Crippen LogP contribution < -0.4 is 4.74 Å². The molecule has 0 aliphatic carbocycles. The van der Waals surface area contributed by atoms with E-state index >= 15 is 0 Å². The van der Waals surface area contributed by atoms with Crippen LogP contribution >= 0.6 is 0 Å². The Balaban J connectivity index is 2.71. The van der Waals surface area contributed by atoms with Gasteiger partial charge in [0.1, 0.15) is 11.6 Å². The fourth-order valence-corrected chi connectivity index (χ4v) is 0.586. The van der Waals surface area contributed by atoms with E-state index in [2.05, 4.69) is 4.74 Å². The van der Waals surface area contributed by atoms with E-state index in [1.807, 2.05) is 6.07 Å². The predicted molar refractivity (Wildman–Crippen MR) is 31.9 cm³/mol. The Morgan fingerprint density at radius 1 is 1.36 bits per heavy atom. The zero-order valence-corrected chi connectivity index (χ0v) is 5.35. The molecule has 59 valence electrons. The Morgan fingerprint density at radius 3 is 2.64 bits per heavy atom. The molecule has 0 amide bonds. The lowest BCUT2D eigenvalue weighted by molar-refractivity contribution is -0.0501. The van der Waals surface area contributed by atoms with Crippen LogP contribution in [-0.2, 0) is 0 Å². The van der Waals surface area contributed by atoms with Gasteiger partial charge in [0.05, 0.1) is 6.07 Å². The van der Waals surface area contributed by atoms with Crippen molar-refractivity contribution in [3.8, 4) is 5.75 Å². The summed E-state index contributed by atoms with van der Waals surface area (Å²) in [6.45, 7) is -2.94. The summed E-state index contributed by atoms with van der Waals surface area (Å²) in [6.07, 6.45) is 0. The minimum absolute atomic E-state index is 0.292. The van der Waals surface area contributed by atoms with Crippen LogP contribution in [0.2, 0.25) is 0 Å². The van der Waals surface area contributed by atoms with Gasteiger partial charge in [-0.25, -0.2) is 4.39 Å². The molecule has 1 aromatic carbocycles. The second-order valence-electron chi connectivity index (χ2n) is 1.74. The maximum atomic E-state index is 12.2. The van der Waals surface area contributed by atoms with Crippen LogP contribution in [-0.4, -0.2) is 6.61 Å². The molecule has 0 atom stereocenters. The Kier molecular flexibility index (Phi) is 2.36. The fraction of sp³-hybridized carbons (Fsp3) is 0.143. The molecule has 0 fully saturated rings. The van der Waals surface area contributed by atoms with Gasteiger partial charge in [0.2, 0.25) is 0 Å². The van der Waals surface area contributed by atoms with Crippen LogP contribution in [0.25, 0.3) is 0 Å². The third-order valence-electron chi connectivity index (χ3n) is 0.949. The van der Waals surface area contributed by atoms with Crippen molar-refractivity contribution in [2.45, 2.75) is 6.61 Å². The fourth-order valence-electron chi connectivity index (χ4n) is 0.586. The van der Waals surface area contributed by atoms with Gasteiger partial charge >= 0.3 is 6.61 Å².